The number of anilines is 1. The van der Waals surface area contributed by atoms with Crippen LogP contribution in [0.15, 0.2) is 18.2 Å². The molecule has 3 unspecified atom stereocenters. The summed E-state index contributed by atoms with van der Waals surface area (Å²) < 4.78 is 0. The van der Waals surface area contributed by atoms with Crippen molar-refractivity contribution in [3.8, 4) is 0 Å². The topological polar surface area (TPSA) is 55.2 Å². The number of hydrogen-bond acceptors (Lipinski definition) is 3. The highest BCUT2D eigenvalue weighted by molar-refractivity contribution is 5.60. The molecular weight excluding hydrogens is 240 g/mol. The third-order valence-corrected chi connectivity index (χ3v) is 4.30. The number of rotatable bonds is 3. The van der Waals surface area contributed by atoms with Crippen LogP contribution in [0.3, 0.4) is 0 Å². The van der Waals surface area contributed by atoms with E-state index in [-0.39, 0.29) is 10.6 Å². The normalized spacial score (nSPS) is 27.0. The Bertz CT molecular complexity index is 473. The van der Waals surface area contributed by atoms with Gasteiger partial charge >= 0.3 is 0 Å². The van der Waals surface area contributed by atoms with Crippen molar-refractivity contribution in [1.82, 2.24) is 0 Å². The van der Waals surface area contributed by atoms with E-state index < -0.39 is 0 Å². The number of benzene rings is 1. The van der Waals surface area contributed by atoms with E-state index in [1.807, 2.05) is 13.0 Å². The van der Waals surface area contributed by atoms with Crippen molar-refractivity contribution in [3.63, 3.8) is 0 Å². The minimum absolute atomic E-state index is 0.196. The number of nitrogens with one attached hydrogen (secondary N) is 1. The molecule has 104 valence electrons. The SMILES string of the molecule is Cc1c(NC2CC(C)CCC2C)cccc1[N+](=O)[O-]. The van der Waals surface area contributed by atoms with Crippen molar-refractivity contribution in [2.24, 2.45) is 11.8 Å². The van der Waals surface area contributed by atoms with Gasteiger partial charge < -0.3 is 5.32 Å². The van der Waals surface area contributed by atoms with E-state index in [1.54, 1.807) is 12.1 Å². The third-order valence-electron chi connectivity index (χ3n) is 4.30. The van der Waals surface area contributed by atoms with Gasteiger partial charge in [0.25, 0.3) is 5.69 Å². The molecule has 1 aromatic rings. The highest BCUT2D eigenvalue weighted by Crippen LogP contribution is 2.33. The smallest absolute Gasteiger partial charge is 0.274 e. The van der Waals surface area contributed by atoms with Crippen molar-refractivity contribution in [2.75, 3.05) is 5.32 Å². The van der Waals surface area contributed by atoms with Crippen LogP contribution in [0.2, 0.25) is 0 Å². The fourth-order valence-electron chi connectivity index (χ4n) is 2.91. The van der Waals surface area contributed by atoms with E-state index in [0.717, 1.165) is 23.6 Å². The van der Waals surface area contributed by atoms with Gasteiger partial charge in [-0.05, 0) is 37.7 Å². The van der Waals surface area contributed by atoms with Crippen LogP contribution in [-0.2, 0) is 0 Å². The molecule has 1 N–H and O–H groups in total. The van der Waals surface area contributed by atoms with Crippen LogP contribution >= 0.6 is 0 Å². The molecule has 0 aliphatic heterocycles. The Morgan fingerprint density at radius 1 is 1.32 bits per heavy atom. The maximum Gasteiger partial charge on any atom is 0.274 e. The Morgan fingerprint density at radius 2 is 2.05 bits per heavy atom. The van der Waals surface area contributed by atoms with Gasteiger partial charge in [0, 0.05) is 23.4 Å². The zero-order valence-electron chi connectivity index (χ0n) is 11.8. The van der Waals surface area contributed by atoms with Gasteiger partial charge in [0.1, 0.15) is 0 Å². The van der Waals surface area contributed by atoms with Crippen molar-refractivity contribution in [1.29, 1.82) is 0 Å². The van der Waals surface area contributed by atoms with E-state index in [1.165, 1.54) is 12.8 Å². The number of nitro groups is 1. The maximum absolute atomic E-state index is 11.0. The van der Waals surface area contributed by atoms with Gasteiger partial charge in [-0.25, -0.2) is 0 Å². The van der Waals surface area contributed by atoms with Gasteiger partial charge in [0.05, 0.1) is 4.92 Å². The quantitative estimate of drug-likeness (QED) is 0.658. The molecule has 0 saturated heterocycles. The lowest BCUT2D eigenvalue weighted by atomic mass is 9.80. The molecule has 1 aliphatic rings. The van der Waals surface area contributed by atoms with Crippen molar-refractivity contribution in [3.05, 3.63) is 33.9 Å². The molecule has 1 fully saturated rings. The van der Waals surface area contributed by atoms with Crippen LogP contribution in [0.25, 0.3) is 0 Å². The third kappa shape index (κ3) is 3.06. The monoisotopic (exact) mass is 262 g/mol. The second-order valence-electron chi connectivity index (χ2n) is 5.85. The fraction of sp³-hybridized carbons (Fsp3) is 0.600. The highest BCUT2D eigenvalue weighted by atomic mass is 16.6. The second-order valence-corrected chi connectivity index (χ2v) is 5.85. The molecule has 3 atom stereocenters. The maximum atomic E-state index is 11.0. The Balaban J connectivity index is 2.19. The minimum Gasteiger partial charge on any atom is -0.382 e. The minimum atomic E-state index is -0.312. The van der Waals surface area contributed by atoms with Crippen molar-refractivity contribution >= 4 is 11.4 Å². The van der Waals surface area contributed by atoms with Crippen LogP contribution < -0.4 is 5.32 Å². The Morgan fingerprint density at radius 3 is 2.74 bits per heavy atom. The van der Waals surface area contributed by atoms with Gasteiger partial charge in [-0.2, -0.15) is 0 Å². The molecule has 0 spiro atoms. The molecule has 4 heteroatoms. The van der Waals surface area contributed by atoms with Gasteiger partial charge in [-0.15, -0.1) is 0 Å². The van der Waals surface area contributed by atoms with E-state index in [9.17, 15) is 10.1 Å². The first-order valence-electron chi connectivity index (χ1n) is 6.99. The standard InChI is InChI=1S/C15H22N2O2/c1-10-7-8-11(2)14(9-10)16-13-5-4-6-15(12(13)3)17(18)19/h4-6,10-11,14,16H,7-9H2,1-3H3. The summed E-state index contributed by atoms with van der Waals surface area (Å²) in [6.07, 6.45) is 3.66. The first-order chi connectivity index (χ1) is 8.99. The Kier molecular flexibility index (Phi) is 4.08. The summed E-state index contributed by atoms with van der Waals surface area (Å²) in [5.41, 5.74) is 1.83. The van der Waals surface area contributed by atoms with E-state index in [0.29, 0.717) is 12.0 Å². The molecule has 2 rings (SSSR count). The zero-order valence-corrected chi connectivity index (χ0v) is 11.8. The second kappa shape index (κ2) is 5.59. The molecule has 0 heterocycles. The van der Waals surface area contributed by atoms with Gasteiger partial charge in [-0.1, -0.05) is 26.3 Å². The number of nitro benzene ring substituents is 1. The lowest BCUT2D eigenvalue weighted by Gasteiger charge is -2.34. The van der Waals surface area contributed by atoms with Crippen LogP contribution in [0.5, 0.6) is 0 Å². The van der Waals surface area contributed by atoms with Gasteiger partial charge in [0.15, 0.2) is 0 Å². The predicted octanol–water partition coefficient (Wildman–Crippen LogP) is 4.14. The van der Waals surface area contributed by atoms with Crippen LogP contribution in [-0.4, -0.2) is 11.0 Å². The first-order valence-corrected chi connectivity index (χ1v) is 6.99. The lowest BCUT2D eigenvalue weighted by molar-refractivity contribution is -0.385. The molecule has 0 radical (unpaired) electrons. The van der Waals surface area contributed by atoms with Crippen molar-refractivity contribution in [2.45, 2.75) is 46.1 Å². The van der Waals surface area contributed by atoms with E-state index in [2.05, 4.69) is 19.2 Å². The molecule has 0 bridgehead atoms. The molecule has 0 aromatic heterocycles. The first kappa shape index (κ1) is 13.8. The van der Waals surface area contributed by atoms with E-state index >= 15 is 0 Å². The summed E-state index contributed by atoms with van der Waals surface area (Å²) in [6.45, 7) is 6.36. The summed E-state index contributed by atoms with van der Waals surface area (Å²) in [6, 6.07) is 5.68. The van der Waals surface area contributed by atoms with Crippen LogP contribution in [0.4, 0.5) is 11.4 Å². The van der Waals surface area contributed by atoms with Gasteiger partial charge in [-0.3, -0.25) is 10.1 Å². The Hall–Kier alpha value is -1.58. The lowest BCUT2D eigenvalue weighted by Crippen LogP contribution is -2.33. The summed E-state index contributed by atoms with van der Waals surface area (Å²) in [7, 11) is 0. The van der Waals surface area contributed by atoms with Crippen LogP contribution in [0.1, 0.15) is 38.7 Å². The Labute approximate surface area is 114 Å². The fourth-order valence-corrected chi connectivity index (χ4v) is 2.91. The number of nitrogens with zero attached hydrogens (tertiary/aromatic N) is 1. The number of hydrogen-bond donors (Lipinski definition) is 1. The summed E-state index contributed by atoms with van der Waals surface area (Å²) in [4.78, 5) is 10.6. The average Bonchev–Trinajstić information content (AvgIpc) is 2.36. The molecule has 1 saturated carbocycles. The summed E-state index contributed by atoms with van der Waals surface area (Å²) in [5, 5.41) is 14.5. The summed E-state index contributed by atoms with van der Waals surface area (Å²) in [5.74, 6) is 1.35. The van der Waals surface area contributed by atoms with Gasteiger partial charge in [0.2, 0.25) is 0 Å². The molecule has 4 nitrogen and oxygen atoms in total. The average molecular weight is 262 g/mol. The molecule has 1 aliphatic carbocycles. The van der Waals surface area contributed by atoms with E-state index in [4.69, 9.17) is 0 Å². The largest absolute Gasteiger partial charge is 0.382 e. The summed E-state index contributed by atoms with van der Waals surface area (Å²) >= 11 is 0. The zero-order chi connectivity index (χ0) is 14.0. The molecule has 0 amide bonds. The predicted molar refractivity (Wildman–Crippen MR) is 77.4 cm³/mol. The molecule has 1 aromatic carbocycles. The molecule has 19 heavy (non-hydrogen) atoms. The van der Waals surface area contributed by atoms with Crippen molar-refractivity contribution < 1.29 is 4.92 Å². The van der Waals surface area contributed by atoms with Crippen LogP contribution in [0, 0.1) is 28.9 Å². The molecular formula is C15H22N2O2. The highest BCUT2D eigenvalue weighted by Gasteiger charge is 2.26.